The minimum absolute atomic E-state index is 0.0536. The molecular formula is C14H10BrCl2FO. The molecule has 0 fully saturated rings. The van der Waals surface area contributed by atoms with Gasteiger partial charge in [0.2, 0.25) is 0 Å². The van der Waals surface area contributed by atoms with Crippen LogP contribution in [0.3, 0.4) is 0 Å². The zero-order valence-electron chi connectivity index (χ0n) is 9.80. The molecule has 2 rings (SSSR count). The Bertz CT molecular complexity index is 569. The van der Waals surface area contributed by atoms with Gasteiger partial charge in [0.05, 0.1) is 15.4 Å². The maximum Gasteiger partial charge on any atom is 0.138 e. The number of alkyl halides is 1. The Labute approximate surface area is 129 Å². The molecule has 0 aliphatic rings. The average Bonchev–Trinajstić information content (AvgIpc) is 2.39. The number of halogens is 4. The van der Waals surface area contributed by atoms with Crippen molar-refractivity contribution in [2.75, 3.05) is 0 Å². The fourth-order valence-corrected chi connectivity index (χ4v) is 2.58. The van der Waals surface area contributed by atoms with Crippen LogP contribution in [0.25, 0.3) is 0 Å². The van der Waals surface area contributed by atoms with E-state index < -0.39 is 0 Å². The van der Waals surface area contributed by atoms with E-state index >= 15 is 0 Å². The fourth-order valence-electron chi connectivity index (χ4n) is 1.63. The highest BCUT2D eigenvalue weighted by molar-refractivity contribution is 9.10. The molecule has 2 aromatic rings. The van der Waals surface area contributed by atoms with Gasteiger partial charge in [-0.05, 0) is 34.1 Å². The molecule has 2 aromatic carbocycles. The van der Waals surface area contributed by atoms with Crippen LogP contribution >= 0.6 is 39.1 Å². The van der Waals surface area contributed by atoms with Gasteiger partial charge in [-0.15, -0.1) is 11.6 Å². The van der Waals surface area contributed by atoms with Gasteiger partial charge < -0.3 is 4.74 Å². The van der Waals surface area contributed by atoms with Crippen LogP contribution in [0.5, 0.6) is 5.75 Å². The number of rotatable bonds is 4. The molecule has 1 nitrogen and oxygen atoms in total. The van der Waals surface area contributed by atoms with E-state index in [9.17, 15) is 4.39 Å². The summed E-state index contributed by atoms with van der Waals surface area (Å²) in [6.07, 6.45) is 0. The lowest BCUT2D eigenvalue weighted by Crippen LogP contribution is -2.01. The SMILES string of the molecule is Fc1cccc(Cl)c1COc1c(Br)cccc1CCl. The van der Waals surface area contributed by atoms with Gasteiger partial charge in [-0.3, -0.25) is 0 Å². The molecule has 5 heteroatoms. The summed E-state index contributed by atoms with van der Waals surface area (Å²) in [5, 5.41) is 0.347. The minimum Gasteiger partial charge on any atom is -0.487 e. The fraction of sp³-hybridized carbons (Fsp3) is 0.143. The summed E-state index contributed by atoms with van der Waals surface area (Å²) in [5.41, 5.74) is 1.17. The summed E-state index contributed by atoms with van der Waals surface area (Å²) in [6.45, 7) is 0.0536. The average molecular weight is 364 g/mol. The van der Waals surface area contributed by atoms with Crippen molar-refractivity contribution < 1.29 is 9.13 Å². The Kier molecular flexibility index (Phi) is 5.08. The zero-order valence-corrected chi connectivity index (χ0v) is 12.9. The Morgan fingerprint density at radius 2 is 1.89 bits per heavy atom. The van der Waals surface area contributed by atoms with Crippen LogP contribution in [0.15, 0.2) is 40.9 Å². The third-order valence-corrected chi connectivity index (χ3v) is 3.88. The van der Waals surface area contributed by atoms with Gasteiger partial charge in [-0.1, -0.05) is 29.8 Å². The maximum atomic E-state index is 13.6. The lowest BCUT2D eigenvalue weighted by Gasteiger charge is -2.13. The van der Waals surface area contributed by atoms with E-state index in [1.165, 1.54) is 6.07 Å². The van der Waals surface area contributed by atoms with Crippen molar-refractivity contribution in [3.8, 4) is 5.75 Å². The highest BCUT2D eigenvalue weighted by Crippen LogP contribution is 2.31. The maximum absolute atomic E-state index is 13.6. The molecule has 0 aromatic heterocycles. The molecule has 0 spiro atoms. The van der Waals surface area contributed by atoms with Crippen LogP contribution in [0, 0.1) is 5.82 Å². The lowest BCUT2D eigenvalue weighted by molar-refractivity contribution is 0.296. The molecule has 0 unspecified atom stereocenters. The largest absolute Gasteiger partial charge is 0.487 e. The summed E-state index contributed by atoms with van der Waals surface area (Å²) < 4.78 is 20.1. The minimum atomic E-state index is -0.382. The summed E-state index contributed by atoms with van der Waals surface area (Å²) in [6, 6.07) is 10.1. The van der Waals surface area contributed by atoms with Crippen molar-refractivity contribution >= 4 is 39.1 Å². The van der Waals surface area contributed by atoms with Gasteiger partial charge in [0.1, 0.15) is 18.2 Å². The first-order valence-electron chi connectivity index (χ1n) is 5.52. The Morgan fingerprint density at radius 3 is 2.58 bits per heavy atom. The second-order valence-electron chi connectivity index (χ2n) is 3.85. The molecule has 0 aliphatic heterocycles. The van der Waals surface area contributed by atoms with Crippen molar-refractivity contribution in [1.29, 1.82) is 0 Å². The van der Waals surface area contributed by atoms with Crippen LogP contribution in [0.4, 0.5) is 4.39 Å². The smallest absolute Gasteiger partial charge is 0.138 e. The number of hydrogen-bond acceptors (Lipinski definition) is 1. The quantitative estimate of drug-likeness (QED) is 0.646. The van der Waals surface area contributed by atoms with Crippen molar-refractivity contribution in [3.63, 3.8) is 0 Å². The molecule has 19 heavy (non-hydrogen) atoms. The Balaban J connectivity index is 2.24. The lowest BCUT2D eigenvalue weighted by atomic mass is 10.2. The molecule has 0 aliphatic carbocycles. The van der Waals surface area contributed by atoms with Crippen LogP contribution in [0.2, 0.25) is 5.02 Å². The van der Waals surface area contributed by atoms with Crippen molar-refractivity contribution in [1.82, 2.24) is 0 Å². The van der Waals surface area contributed by atoms with Gasteiger partial charge in [0, 0.05) is 11.1 Å². The first-order valence-corrected chi connectivity index (χ1v) is 7.23. The number of benzene rings is 2. The van der Waals surface area contributed by atoms with Gasteiger partial charge in [0.25, 0.3) is 0 Å². The summed E-state index contributed by atoms with van der Waals surface area (Å²) in [5.74, 6) is 0.545. The van der Waals surface area contributed by atoms with Crippen LogP contribution < -0.4 is 4.74 Å². The van der Waals surface area contributed by atoms with Crippen LogP contribution in [-0.4, -0.2) is 0 Å². The third-order valence-electron chi connectivity index (χ3n) is 2.62. The van der Waals surface area contributed by atoms with Crippen molar-refractivity contribution in [2.24, 2.45) is 0 Å². The molecule has 0 amide bonds. The van der Waals surface area contributed by atoms with Gasteiger partial charge in [-0.2, -0.15) is 0 Å². The van der Waals surface area contributed by atoms with Gasteiger partial charge in [-0.25, -0.2) is 4.39 Å². The molecule has 0 N–H and O–H groups in total. The highest BCUT2D eigenvalue weighted by Gasteiger charge is 2.11. The second-order valence-corrected chi connectivity index (χ2v) is 5.38. The highest BCUT2D eigenvalue weighted by atomic mass is 79.9. The molecule has 0 heterocycles. The predicted octanol–water partition coefficient (Wildman–Crippen LogP) is 5.56. The zero-order chi connectivity index (χ0) is 13.8. The van der Waals surface area contributed by atoms with E-state index in [1.807, 2.05) is 18.2 Å². The third kappa shape index (κ3) is 3.41. The molecule has 0 bridgehead atoms. The van der Waals surface area contributed by atoms with Crippen LogP contribution in [-0.2, 0) is 12.5 Å². The molecular weight excluding hydrogens is 354 g/mol. The Hall–Kier alpha value is -0.770. The van der Waals surface area contributed by atoms with E-state index in [0.29, 0.717) is 22.2 Å². The van der Waals surface area contributed by atoms with Gasteiger partial charge >= 0.3 is 0 Å². The number of para-hydroxylation sites is 1. The summed E-state index contributed by atoms with van der Waals surface area (Å²) >= 11 is 15.2. The molecule has 0 saturated heterocycles. The van der Waals surface area contributed by atoms with Crippen molar-refractivity contribution in [2.45, 2.75) is 12.5 Å². The standard InChI is InChI=1S/C14H10BrCl2FO/c15-11-4-1-3-9(7-16)14(11)19-8-10-12(17)5-2-6-13(10)18/h1-6H,7-8H2. The summed E-state index contributed by atoms with van der Waals surface area (Å²) in [7, 11) is 0. The molecule has 0 atom stereocenters. The Morgan fingerprint density at radius 1 is 1.16 bits per heavy atom. The molecule has 0 saturated carbocycles. The second kappa shape index (κ2) is 6.60. The first-order chi connectivity index (χ1) is 9.13. The topological polar surface area (TPSA) is 9.23 Å². The monoisotopic (exact) mass is 362 g/mol. The van der Waals surface area contributed by atoms with Crippen molar-refractivity contribution in [3.05, 3.63) is 62.8 Å². The first kappa shape index (κ1) is 14.6. The van der Waals surface area contributed by atoms with E-state index in [1.54, 1.807) is 12.1 Å². The van der Waals surface area contributed by atoms with E-state index in [-0.39, 0.29) is 12.4 Å². The summed E-state index contributed by atoms with van der Waals surface area (Å²) in [4.78, 5) is 0. The van der Waals surface area contributed by atoms with Gasteiger partial charge in [0.15, 0.2) is 0 Å². The number of ether oxygens (including phenoxy) is 1. The van der Waals surface area contributed by atoms with E-state index in [2.05, 4.69) is 15.9 Å². The van der Waals surface area contributed by atoms with E-state index in [0.717, 1.165) is 10.0 Å². The van der Waals surface area contributed by atoms with Crippen LogP contribution in [0.1, 0.15) is 11.1 Å². The number of hydrogen-bond donors (Lipinski definition) is 0. The molecule has 0 radical (unpaired) electrons. The molecule has 100 valence electrons. The normalized spacial score (nSPS) is 10.5. The van der Waals surface area contributed by atoms with E-state index in [4.69, 9.17) is 27.9 Å². The predicted molar refractivity (Wildman–Crippen MR) is 79.4 cm³/mol.